The normalized spacial score (nSPS) is 23.4. The van der Waals surface area contributed by atoms with E-state index in [0.717, 1.165) is 0 Å². The molecule has 9 nitrogen and oxygen atoms in total. The first kappa shape index (κ1) is 9.75. The third kappa shape index (κ3) is 1.43. The van der Waals surface area contributed by atoms with Crippen LogP contribution in [0.5, 0.6) is 0 Å². The molecule has 17 heavy (non-hydrogen) atoms. The maximum absolute atomic E-state index is 11.2. The molecule has 0 spiro atoms. The van der Waals surface area contributed by atoms with Crippen molar-refractivity contribution in [3.63, 3.8) is 0 Å². The quantitative estimate of drug-likeness (QED) is 0.807. The average Bonchev–Trinajstić information content (AvgIpc) is 2.86. The molecule has 0 aliphatic carbocycles. The first-order valence-electron chi connectivity index (χ1n) is 4.83. The van der Waals surface area contributed by atoms with Gasteiger partial charge in [0.05, 0.1) is 12.4 Å². The summed E-state index contributed by atoms with van der Waals surface area (Å²) < 4.78 is 9.71. The van der Waals surface area contributed by atoms with E-state index in [1.165, 1.54) is 17.3 Å². The second-order valence-corrected chi connectivity index (χ2v) is 3.60. The van der Waals surface area contributed by atoms with Gasteiger partial charge in [0.2, 0.25) is 0 Å². The number of hydrogen-bond donors (Lipinski definition) is 1. The zero-order valence-corrected chi connectivity index (χ0v) is 8.42. The Balaban J connectivity index is 1.85. The average molecular weight is 237 g/mol. The molecule has 1 saturated heterocycles. The highest BCUT2D eigenvalue weighted by Gasteiger charge is 2.47. The van der Waals surface area contributed by atoms with Crippen LogP contribution in [0.25, 0.3) is 0 Å². The summed E-state index contributed by atoms with van der Waals surface area (Å²) >= 11 is 0. The van der Waals surface area contributed by atoms with E-state index in [1.54, 1.807) is 0 Å². The fraction of sp³-hybridized carbons (Fsp3) is 0.375. The summed E-state index contributed by atoms with van der Waals surface area (Å²) in [7, 11) is 0. The molecule has 0 radical (unpaired) electrons. The molecule has 3 heterocycles. The maximum Gasteiger partial charge on any atom is 0.408 e. The van der Waals surface area contributed by atoms with E-state index < -0.39 is 18.2 Å². The summed E-state index contributed by atoms with van der Waals surface area (Å²) in [5.74, 6) is 0.826. The maximum atomic E-state index is 11.2. The first-order valence-corrected chi connectivity index (χ1v) is 4.83. The Morgan fingerprint density at radius 2 is 1.76 bits per heavy atom. The third-order valence-corrected chi connectivity index (χ3v) is 2.75. The Morgan fingerprint density at radius 3 is 2.12 bits per heavy atom. The van der Waals surface area contributed by atoms with Gasteiger partial charge in [0.15, 0.2) is 11.5 Å². The molecule has 9 heteroatoms. The van der Waals surface area contributed by atoms with Gasteiger partial charge in [-0.1, -0.05) is 0 Å². The van der Waals surface area contributed by atoms with Gasteiger partial charge in [-0.2, -0.15) is 0 Å². The van der Waals surface area contributed by atoms with Crippen LogP contribution in [0.3, 0.4) is 0 Å². The van der Waals surface area contributed by atoms with Gasteiger partial charge >= 0.3 is 6.09 Å². The van der Waals surface area contributed by atoms with Crippen LogP contribution in [0.1, 0.15) is 30.0 Å². The molecule has 1 aliphatic rings. The van der Waals surface area contributed by atoms with Crippen molar-refractivity contribution in [1.29, 1.82) is 0 Å². The van der Waals surface area contributed by atoms with Crippen molar-refractivity contribution in [3.8, 4) is 0 Å². The smallest absolute Gasteiger partial charge is 0.408 e. The van der Waals surface area contributed by atoms with Crippen LogP contribution in [-0.2, 0) is 0 Å². The van der Waals surface area contributed by atoms with Crippen LogP contribution in [0, 0.1) is 0 Å². The highest BCUT2D eigenvalue weighted by Crippen LogP contribution is 2.47. The lowest BCUT2D eigenvalue weighted by Gasteiger charge is -2.43. The number of hydrogen-bond acceptors (Lipinski definition) is 7. The van der Waals surface area contributed by atoms with Crippen molar-refractivity contribution >= 4 is 6.09 Å². The monoisotopic (exact) mass is 237 g/mol. The molecule has 0 saturated carbocycles. The molecule has 1 fully saturated rings. The topological polar surface area (TPSA) is 118 Å². The van der Waals surface area contributed by atoms with Crippen molar-refractivity contribution in [2.45, 2.75) is 18.5 Å². The lowest BCUT2D eigenvalue weighted by molar-refractivity contribution is -0.00288. The molecular formula is C8H7N5O4. The Hall–Kier alpha value is -2.45. The van der Waals surface area contributed by atoms with Crippen LogP contribution in [0.15, 0.2) is 21.4 Å². The molecule has 1 amide bonds. The Labute approximate surface area is 94.0 Å². The number of aromatic nitrogens is 4. The van der Waals surface area contributed by atoms with Crippen molar-refractivity contribution in [1.82, 2.24) is 25.6 Å². The van der Waals surface area contributed by atoms with Crippen molar-refractivity contribution in [2.75, 3.05) is 0 Å². The van der Waals surface area contributed by atoms with Gasteiger partial charge in [-0.25, -0.2) is 4.79 Å². The fourth-order valence-corrected chi connectivity index (χ4v) is 1.93. The minimum absolute atomic E-state index is 0.391. The second kappa shape index (κ2) is 3.54. The molecule has 2 aromatic heterocycles. The summed E-state index contributed by atoms with van der Waals surface area (Å²) in [5, 5.41) is 22.8. The molecule has 0 bridgehead atoms. The molecule has 2 atom stereocenters. The van der Waals surface area contributed by atoms with Crippen LogP contribution in [0.2, 0.25) is 0 Å². The number of likely N-dealkylation sites (tertiary alicyclic amines) is 1. The zero-order chi connectivity index (χ0) is 11.8. The number of rotatable bonds is 2. The van der Waals surface area contributed by atoms with E-state index in [2.05, 4.69) is 20.7 Å². The molecule has 0 aromatic carbocycles. The van der Waals surface area contributed by atoms with Crippen molar-refractivity contribution < 1.29 is 18.9 Å². The van der Waals surface area contributed by atoms with Crippen LogP contribution >= 0.6 is 0 Å². The third-order valence-electron chi connectivity index (χ3n) is 2.75. The number of carbonyl (C=O) groups is 1. The highest BCUT2D eigenvalue weighted by molar-refractivity contribution is 5.67. The highest BCUT2D eigenvalue weighted by atomic mass is 16.5. The Kier molecular flexibility index (Phi) is 2.03. The van der Waals surface area contributed by atoms with E-state index in [4.69, 9.17) is 14.2 Å². The van der Waals surface area contributed by atoms with Crippen LogP contribution < -0.4 is 0 Å². The van der Waals surface area contributed by atoms with E-state index in [9.17, 15) is 4.79 Å². The summed E-state index contributed by atoms with van der Waals surface area (Å²) in [6, 6.07) is -0.782. The lowest BCUT2D eigenvalue weighted by atomic mass is 9.90. The van der Waals surface area contributed by atoms with Gasteiger partial charge in [0, 0.05) is 17.0 Å². The molecule has 88 valence electrons. The summed E-state index contributed by atoms with van der Waals surface area (Å²) in [6.07, 6.45) is 2.25. The summed E-state index contributed by atoms with van der Waals surface area (Å²) in [5.41, 5.74) is 0. The van der Waals surface area contributed by atoms with E-state index in [-0.39, 0.29) is 0 Å². The largest absolute Gasteiger partial charge is 0.465 e. The van der Waals surface area contributed by atoms with E-state index in [0.29, 0.717) is 17.9 Å². The Bertz CT molecular complexity index is 470. The predicted molar refractivity (Wildman–Crippen MR) is 48.6 cm³/mol. The van der Waals surface area contributed by atoms with E-state index in [1.807, 2.05) is 0 Å². The number of carboxylic acid groups (broad SMARTS) is 1. The Morgan fingerprint density at radius 1 is 1.24 bits per heavy atom. The first-order chi connectivity index (χ1) is 8.27. The number of amides is 1. The summed E-state index contributed by atoms with van der Waals surface area (Å²) in [6.45, 7) is 0. The minimum atomic E-state index is -1.07. The standard InChI is InChI=1S/C8H7N5O4/c14-8(15)13-4(6-2-9-11-16-6)1-5(13)7-3-10-12-17-7/h2-5H,1H2,(H,14,15). The SMILES string of the molecule is O=C(O)N1C(c2cnno2)CC1c1cnno1. The molecule has 3 rings (SSSR count). The van der Waals surface area contributed by atoms with Gasteiger partial charge in [-0.3, -0.25) is 4.90 Å². The van der Waals surface area contributed by atoms with Crippen LogP contribution in [-0.4, -0.2) is 36.8 Å². The van der Waals surface area contributed by atoms with Crippen molar-refractivity contribution in [3.05, 3.63) is 23.9 Å². The van der Waals surface area contributed by atoms with Gasteiger partial charge in [0.1, 0.15) is 12.1 Å². The second-order valence-electron chi connectivity index (χ2n) is 3.60. The van der Waals surface area contributed by atoms with Crippen molar-refractivity contribution in [2.24, 2.45) is 0 Å². The van der Waals surface area contributed by atoms with Gasteiger partial charge in [0.25, 0.3) is 0 Å². The molecule has 2 aromatic rings. The fourth-order valence-electron chi connectivity index (χ4n) is 1.93. The zero-order valence-electron chi connectivity index (χ0n) is 8.42. The minimum Gasteiger partial charge on any atom is -0.465 e. The van der Waals surface area contributed by atoms with E-state index >= 15 is 0 Å². The molecule has 1 N–H and O–H groups in total. The lowest BCUT2D eigenvalue weighted by Crippen LogP contribution is -2.46. The predicted octanol–water partition coefficient (Wildman–Crippen LogP) is 0.619. The van der Waals surface area contributed by atoms with Gasteiger partial charge < -0.3 is 14.2 Å². The number of nitrogens with zero attached hydrogens (tertiary/aromatic N) is 5. The molecular weight excluding hydrogens is 230 g/mol. The van der Waals surface area contributed by atoms with Gasteiger partial charge in [-0.15, -0.1) is 10.2 Å². The van der Waals surface area contributed by atoms with Gasteiger partial charge in [-0.05, 0) is 0 Å². The summed E-state index contributed by atoms with van der Waals surface area (Å²) in [4.78, 5) is 12.4. The molecule has 2 unspecified atom stereocenters. The molecule has 1 aliphatic heterocycles. The van der Waals surface area contributed by atoms with Crippen LogP contribution in [0.4, 0.5) is 4.79 Å².